The Kier molecular flexibility index (Phi) is 8.11. The normalized spacial score (nSPS) is 12.6. The van der Waals surface area contributed by atoms with E-state index in [4.69, 9.17) is 5.11 Å². The number of carboxylic acid groups (broad SMARTS) is 1. The summed E-state index contributed by atoms with van der Waals surface area (Å²) < 4.78 is 0. The Morgan fingerprint density at radius 1 is 1.22 bits per heavy atom. The fraction of sp³-hybridized carbons (Fsp3) is 0.833. The van der Waals surface area contributed by atoms with Crippen molar-refractivity contribution in [1.29, 1.82) is 0 Å². The number of amides is 2. The molecule has 0 radical (unpaired) electrons. The van der Waals surface area contributed by atoms with E-state index in [1.54, 1.807) is 13.8 Å². The van der Waals surface area contributed by atoms with Crippen molar-refractivity contribution in [3.63, 3.8) is 0 Å². The van der Waals surface area contributed by atoms with Crippen LogP contribution in [0.3, 0.4) is 0 Å². The summed E-state index contributed by atoms with van der Waals surface area (Å²) >= 11 is 0. The van der Waals surface area contributed by atoms with Crippen LogP contribution in [-0.4, -0.2) is 55.2 Å². The van der Waals surface area contributed by atoms with Crippen molar-refractivity contribution in [2.24, 2.45) is 5.92 Å². The number of urea groups is 1. The number of aliphatic carboxylic acids is 1. The van der Waals surface area contributed by atoms with E-state index in [-0.39, 0.29) is 5.92 Å². The largest absolute Gasteiger partial charge is 0.480 e. The molecule has 1 atom stereocenters. The molecule has 0 fully saturated rings. The molecular weight excluding hydrogens is 234 g/mol. The SMILES string of the molecule is CC(C)[C@H](NC(=O)NCCCCN(C)C)C(=O)O. The lowest BCUT2D eigenvalue weighted by Crippen LogP contribution is -2.48. The van der Waals surface area contributed by atoms with Crippen LogP contribution >= 0.6 is 0 Å². The molecule has 6 nitrogen and oxygen atoms in total. The van der Waals surface area contributed by atoms with Crippen molar-refractivity contribution in [3.05, 3.63) is 0 Å². The lowest BCUT2D eigenvalue weighted by molar-refractivity contribution is -0.140. The first-order valence-electron chi connectivity index (χ1n) is 6.26. The molecule has 0 aromatic heterocycles. The summed E-state index contributed by atoms with van der Waals surface area (Å²) in [6.07, 6.45) is 1.88. The molecular formula is C12H25N3O3. The maximum absolute atomic E-state index is 11.5. The van der Waals surface area contributed by atoms with Gasteiger partial charge in [0.2, 0.25) is 0 Å². The predicted octanol–water partition coefficient (Wildman–Crippen LogP) is 0.737. The van der Waals surface area contributed by atoms with Gasteiger partial charge in [0.15, 0.2) is 0 Å². The van der Waals surface area contributed by atoms with Gasteiger partial charge in [-0.3, -0.25) is 0 Å². The minimum absolute atomic E-state index is 0.137. The van der Waals surface area contributed by atoms with Gasteiger partial charge in [-0.1, -0.05) is 13.8 Å². The summed E-state index contributed by atoms with van der Waals surface area (Å²) in [6.45, 7) is 5.06. The summed E-state index contributed by atoms with van der Waals surface area (Å²) in [5, 5.41) is 14.0. The number of hydrogen-bond donors (Lipinski definition) is 3. The van der Waals surface area contributed by atoms with Gasteiger partial charge < -0.3 is 20.6 Å². The molecule has 0 rings (SSSR count). The van der Waals surface area contributed by atoms with Crippen LogP contribution in [0.25, 0.3) is 0 Å². The van der Waals surface area contributed by atoms with E-state index in [1.807, 2.05) is 14.1 Å². The minimum Gasteiger partial charge on any atom is -0.480 e. The molecule has 0 bridgehead atoms. The maximum Gasteiger partial charge on any atom is 0.326 e. The van der Waals surface area contributed by atoms with Gasteiger partial charge in [-0.05, 0) is 39.4 Å². The highest BCUT2D eigenvalue weighted by atomic mass is 16.4. The zero-order valence-electron chi connectivity index (χ0n) is 11.7. The molecule has 0 saturated heterocycles. The second kappa shape index (κ2) is 8.74. The summed E-state index contributed by atoms with van der Waals surface area (Å²) in [5.74, 6) is -1.14. The summed E-state index contributed by atoms with van der Waals surface area (Å²) in [6, 6.07) is -1.26. The first kappa shape index (κ1) is 16.7. The van der Waals surface area contributed by atoms with Gasteiger partial charge in [0.1, 0.15) is 6.04 Å². The highest BCUT2D eigenvalue weighted by Gasteiger charge is 2.22. The van der Waals surface area contributed by atoms with Gasteiger partial charge in [0.25, 0.3) is 0 Å². The Bertz CT molecular complexity index is 267. The van der Waals surface area contributed by atoms with Gasteiger partial charge in [0.05, 0.1) is 0 Å². The summed E-state index contributed by atoms with van der Waals surface area (Å²) in [5.41, 5.74) is 0. The molecule has 2 amide bonds. The van der Waals surface area contributed by atoms with Crippen LogP contribution in [0.2, 0.25) is 0 Å². The topological polar surface area (TPSA) is 81.7 Å². The average molecular weight is 259 g/mol. The third-order valence-electron chi connectivity index (χ3n) is 2.54. The van der Waals surface area contributed by atoms with Gasteiger partial charge in [-0.15, -0.1) is 0 Å². The number of nitrogens with zero attached hydrogens (tertiary/aromatic N) is 1. The molecule has 0 aliphatic carbocycles. The Labute approximate surface area is 109 Å². The molecule has 0 heterocycles. The van der Waals surface area contributed by atoms with Crippen molar-refractivity contribution in [3.8, 4) is 0 Å². The van der Waals surface area contributed by atoms with Crippen LogP contribution in [0.15, 0.2) is 0 Å². The second-order valence-electron chi connectivity index (χ2n) is 4.97. The maximum atomic E-state index is 11.5. The van der Waals surface area contributed by atoms with E-state index in [0.717, 1.165) is 19.4 Å². The number of nitrogens with one attached hydrogen (secondary N) is 2. The van der Waals surface area contributed by atoms with E-state index in [1.165, 1.54) is 0 Å². The van der Waals surface area contributed by atoms with Crippen LogP contribution in [0.1, 0.15) is 26.7 Å². The lowest BCUT2D eigenvalue weighted by Gasteiger charge is -2.18. The zero-order valence-corrected chi connectivity index (χ0v) is 11.7. The van der Waals surface area contributed by atoms with Crippen LogP contribution in [0.4, 0.5) is 4.79 Å². The highest BCUT2D eigenvalue weighted by molar-refractivity contribution is 5.82. The average Bonchev–Trinajstić information content (AvgIpc) is 2.24. The third kappa shape index (κ3) is 7.89. The Morgan fingerprint density at radius 2 is 1.83 bits per heavy atom. The van der Waals surface area contributed by atoms with Crippen LogP contribution in [-0.2, 0) is 4.79 Å². The number of carboxylic acids is 1. The van der Waals surface area contributed by atoms with Crippen molar-refractivity contribution >= 4 is 12.0 Å². The van der Waals surface area contributed by atoms with E-state index in [2.05, 4.69) is 15.5 Å². The first-order chi connectivity index (χ1) is 8.34. The number of unbranched alkanes of at least 4 members (excludes halogenated alkanes) is 1. The van der Waals surface area contributed by atoms with Crippen LogP contribution in [0, 0.1) is 5.92 Å². The van der Waals surface area contributed by atoms with Gasteiger partial charge >= 0.3 is 12.0 Å². The fourth-order valence-electron chi connectivity index (χ4n) is 1.46. The van der Waals surface area contributed by atoms with E-state index < -0.39 is 18.0 Å². The van der Waals surface area contributed by atoms with Crippen molar-refractivity contribution < 1.29 is 14.7 Å². The molecule has 0 unspecified atom stereocenters. The molecule has 18 heavy (non-hydrogen) atoms. The standard InChI is InChI=1S/C12H25N3O3/c1-9(2)10(11(16)17)14-12(18)13-7-5-6-8-15(3)4/h9-10H,5-8H2,1-4H3,(H,16,17)(H2,13,14,18)/t10-/m0/s1. The van der Waals surface area contributed by atoms with E-state index in [0.29, 0.717) is 6.54 Å². The van der Waals surface area contributed by atoms with Crippen LogP contribution in [0.5, 0.6) is 0 Å². The van der Waals surface area contributed by atoms with E-state index >= 15 is 0 Å². The van der Waals surface area contributed by atoms with Gasteiger partial charge in [0, 0.05) is 6.54 Å². The van der Waals surface area contributed by atoms with Gasteiger partial charge in [-0.2, -0.15) is 0 Å². The predicted molar refractivity (Wildman–Crippen MR) is 70.6 cm³/mol. The van der Waals surface area contributed by atoms with Crippen molar-refractivity contribution in [2.45, 2.75) is 32.7 Å². The smallest absolute Gasteiger partial charge is 0.326 e. The number of hydrogen-bond acceptors (Lipinski definition) is 3. The monoisotopic (exact) mass is 259 g/mol. The Balaban J connectivity index is 3.79. The zero-order chi connectivity index (χ0) is 14.1. The quantitative estimate of drug-likeness (QED) is 0.561. The van der Waals surface area contributed by atoms with Crippen molar-refractivity contribution in [2.75, 3.05) is 27.2 Å². The second-order valence-corrected chi connectivity index (χ2v) is 4.97. The Hall–Kier alpha value is -1.30. The minimum atomic E-state index is -1.01. The lowest BCUT2D eigenvalue weighted by atomic mass is 10.1. The molecule has 6 heteroatoms. The summed E-state index contributed by atoms with van der Waals surface area (Å²) in [4.78, 5) is 24.4. The third-order valence-corrected chi connectivity index (χ3v) is 2.54. The van der Waals surface area contributed by atoms with Crippen LogP contribution < -0.4 is 10.6 Å². The van der Waals surface area contributed by atoms with E-state index in [9.17, 15) is 9.59 Å². The summed E-state index contributed by atoms with van der Waals surface area (Å²) in [7, 11) is 4.00. The molecule has 0 saturated carbocycles. The molecule has 0 spiro atoms. The Morgan fingerprint density at radius 3 is 2.28 bits per heavy atom. The van der Waals surface area contributed by atoms with Crippen molar-refractivity contribution in [1.82, 2.24) is 15.5 Å². The number of carbonyl (C=O) groups is 2. The van der Waals surface area contributed by atoms with Gasteiger partial charge in [-0.25, -0.2) is 9.59 Å². The fourth-order valence-corrected chi connectivity index (χ4v) is 1.46. The molecule has 0 aliphatic heterocycles. The first-order valence-corrected chi connectivity index (χ1v) is 6.26. The molecule has 106 valence electrons. The molecule has 0 aromatic rings. The molecule has 3 N–H and O–H groups in total. The highest BCUT2D eigenvalue weighted by Crippen LogP contribution is 2.01. The number of rotatable bonds is 8. The number of carbonyl (C=O) groups excluding carboxylic acids is 1. The molecule has 0 aromatic carbocycles. The molecule has 0 aliphatic rings.